The van der Waals surface area contributed by atoms with E-state index in [9.17, 15) is 18.0 Å². The molecule has 1 aliphatic heterocycles. The lowest BCUT2D eigenvalue weighted by Gasteiger charge is -2.14. The van der Waals surface area contributed by atoms with Crippen molar-refractivity contribution in [3.8, 4) is 0 Å². The number of carbonyl (C=O) groups is 1. The monoisotopic (exact) mass is 308 g/mol. The van der Waals surface area contributed by atoms with Crippen LogP contribution in [-0.2, 0) is 4.79 Å². The molecule has 0 radical (unpaired) electrons. The number of amides is 1. The van der Waals surface area contributed by atoms with E-state index in [1.807, 2.05) is 0 Å². The summed E-state index contributed by atoms with van der Waals surface area (Å²) in [6.45, 7) is -1.20. The number of fused-ring (bicyclic) bond motifs is 1. The van der Waals surface area contributed by atoms with Crippen LogP contribution in [-0.4, -0.2) is 18.6 Å². The summed E-state index contributed by atoms with van der Waals surface area (Å²) >= 11 is 3.22. The summed E-state index contributed by atoms with van der Waals surface area (Å²) in [5.74, 6) is -0.476. The zero-order valence-electron chi connectivity index (χ0n) is 8.44. The largest absolute Gasteiger partial charge is 0.401 e. The highest BCUT2D eigenvalue weighted by atomic mass is 79.9. The Morgan fingerprint density at radius 1 is 1.41 bits per heavy atom. The minimum absolute atomic E-state index is 0.476. The number of carbonyl (C=O) groups excluding carboxylic acids is 1. The molecule has 0 spiro atoms. The van der Waals surface area contributed by atoms with Gasteiger partial charge in [0.15, 0.2) is 0 Å². The first kappa shape index (κ1) is 12.4. The van der Waals surface area contributed by atoms with Crippen LogP contribution < -0.4 is 10.6 Å². The zero-order chi connectivity index (χ0) is 12.6. The number of hydrogen-bond donors (Lipinski definition) is 2. The van der Waals surface area contributed by atoms with Crippen molar-refractivity contribution in [3.05, 3.63) is 28.2 Å². The molecule has 0 saturated heterocycles. The quantitative estimate of drug-likeness (QED) is 0.882. The second-order valence-corrected chi connectivity index (χ2v) is 4.47. The standard InChI is InChI=1S/C10H8BrF3N2O/c11-5-2-1-3-6-7(5)8(9(17)16-6)15-4-10(12,13)14/h1-3,8,15H,4H2,(H,16,17). The summed E-state index contributed by atoms with van der Waals surface area (Å²) in [5.41, 5.74) is 1.05. The molecule has 17 heavy (non-hydrogen) atoms. The number of rotatable bonds is 2. The van der Waals surface area contributed by atoms with Gasteiger partial charge < -0.3 is 5.32 Å². The molecule has 2 rings (SSSR count). The summed E-state index contributed by atoms with van der Waals surface area (Å²) in [7, 11) is 0. The minimum Gasteiger partial charge on any atom is -0.324 e. The van der Waals surface area contributed by atoms with Crippen molar-refractivity contribution in [1.29, 1.82) is 0 Å². The number of alkyl halides is 3. The topological polar surface area (TPSA) is 41.1 Å². The smallest absolute Gasteiger partial charge is 0.324 e. The van der Waals surface area contributed by atoms with Crippen molar-refractivity contribution >= 4 is 27.5 Å². The summed E-state index contributed by atoms with van der Waals surface area (Å²) in [6, 6.07) is 4.06. The molecule has 92 valence electrons. The van der Waals surface area contributed by atoms with Crippen LogP contribution in [0.25, 0.3) is 0 Å². The molecule has 1 aromatic carbocycles. The zero-order valence-corrected chi connectivity index (χ0v) is 10.0. The number of hydrogen-bond acceptors (Lipinski definition) is 2. The van der Waals surface area contributed by atoms with Gasteiger partial charge in [-0.3, -0.25) is 10.1 Å². The molecule has 7 heteroatoms. The van der Waals surface area contributed by atoms with E-state index in [-0.39, 0.29) is 0 Å². The maximum Gasteiger partial charge on any atom is 0.401 e. The maximum atomic E-state index is 12.1. The Bertz CT molecular complexity index is 461. The van der Waals surface area contributed by atoms with Gasteiger partial charge in [0.2, 0.25) is 5.91 Å². The average Bonchev–Trinajstić information content (AvgIpc) is 2.51. The lowest BCUT2D eigenvalue weighted by atomic mass is 10.1. The maximum absolute atomic E-state index is 12.1. The molecule has 1 heterocycles. The van der Waals surface area contributed by atoms with Crippen molar-refractivity contribution in [1.82, 2.24) is 5.32 Å². The Morgan fingerprint density at radius 2 is 2.12 bits per heavy atom. The first-order chi connectivity index (χ1) is 7.88. The second kappa shape index (κ2) is 4.30. The Kier molecular flexibility index (Phi) is 3.13. The lowest BCUT2D eigenvalue weighted by molar-refractivity contribution is -0.129. The van der Waals surface area contributed by atoms with Gasteiger partial charge in [0.1, 0.15) is 6.04 Å². The lowest BCUT2D eigenvalue weighted by Crippen LogP contribution is -2.35. The summed E-state index contributed by atoms with van der Waals surface area (Å²) < 4.78 is 36.9. The fourth-order valence-corrected chi connectivity index (χ4v) is 2.28. The van der Waals surface area contributed by atoms with E-state index >= 15 is 0 Å². The van der Waals surface area contributed by atoms with Gasteiger partial charge in [-0.2, -0.15) is 13.2 Å². The Labute approximate surface area is 104 Å². The molecule has 0 aromatic heterocycles. The SMILES string of the molecule is O=C1Nc2cccc(Br)c2C1NCC(F)(F)F. The van der Waals surface area contributed by atoms with Gasteiger partial charge in [-0.25, -0.2) is 0 Å². The van der Waals surface area contributed by atoms with E-state index in [2.05, 4.69) is 26.6 Å². The van der Waals surface area contributed by atoms with Crippen LogP contribution in [0.4, 0.5) is 18.9 Å². The number of nitrogens with one attached hydrogen (secondary N) is 2. The second-order valence-electron chi connectivity index (χ2n) is 3.62. The Morgan fingerprint density at radius 3 is 2.76 bits per heavy atom. The van der Waals surface area contributed by atoms with Crippen molar-refractivity contribution in [2.75, 3.05) is 11.9 Å². The molecule has 1 aromatic rings. The van der Waals surface area contributed by atoms with Crippen LogP contribution in [0.3, 0.4) is 0 Å². The minimum atomic E-state index is -4.34. The third kappa shape index (κ3) is 2.61. The molecule has 1 aliphatic rings. The van der Waals surface area contributed by atoms with E-state index in [0.717, 1.165) is 0 Å². The first-order valence-electron chi connectivity index (χ1n) is 4.78. The van der Waals surface area contributed by atoms with Crippen LogP contribution in [0, 0.1) is 0 Å². The van der Waals surface area contributed by atoms with Crippen molar-refractivity contribution in [2.45, 2.75) is 12.2 Å². The van der Waals surface area contributed by atoms with Gasteiger partial charge >= 0.3 is 6.18 Å². The van der Waals surface area contributed by atoms with Crippen molar-refractivity contribution in [2.24, 2.45) is 0 Å². The van der Waals surface area contributed by atoms with Gasteiger partial charge in [0, 0.05) is 15.7 Å². The van der Waals surface area contributed by atoms with E-state index in [1.165, 1.54) is 0 Å². The molecule has 0 fully saturated rings. The third-order valence-electron chi connectivity index (χ3n) is 2.37. The molecule has 1 amide bonds. The molecule has 2 N–H and O–H groups in total. The number of benzene rings is 1. The van der Waals surface area contributed by atoms with Gasteiger partial charge in [-0.1, -0.05) is 22.0 Å². The molecule has 0 bridgehead atoms. The van der Waals surface area contributed by atoms with Gasteiger partial charge in [-0.15, -0.1) is 0 Å². The fraction of sp³-hybridized carbons (Fsp3) is 0.300. The Balaban J connectivity index is 2.23. The average molecular weight is 309 g/mol. The molecule has 1 atom stereocenters. The normalized spacial score (nSPS) is 19.1. The van der Waals surface area contributed by atoms with Crippen LogP contribution in [0.1, 0.15) is 11.6 Å². The first-order valence-corrected chi connectivity index (χ1v) is 5.57. The van der Waals surface area contributed by atoms with E-state index < -0.39 is 24.7 Å². The Hall–Kier alpha value is -1.08. The van der Waals surface area contributed by atoms with Crippen molar-refractivity contribution < 1.29 is 18.0 Å². The van der Waals surface area contributed by atoms with Crippen LogP contribution in [0.5, 0.6) is 0 Å². The predicted octanol–water partition coefficient (Wildman–Crippen LogP) is 2.59. The number of halogens is 4. The van der Waals surface area contributed by atoms with E-state index in [1.54, 1.807) is 18.2 Å². The third-order valence-corrected chi connectivity index (χ3v) is 3.06. The summed E-state index contributed by atoms with van der Waals surface area (Å²) in [4.78, 5) is 11.5. The van der Waals surface area contributed by atoms with Crippen LogP contribution >= 0.6 is 15.9 Å². The molecular formula is C10H8BrF3N2O. The highest BCUT2D eigenvalue weighted by Crippen LogP contribution is 2.36. The summed E-state index contributed by atoms with van der Waals surface area (Å²) in [6.07, 6.45) is -4.34. The van der Waals surface area contributed by atoms with Crippen LogP contribution in [0.15, 0.2) is 22.7 Å². The van der Waals surface area contributed by atoms with E-state index in [4.69, 9.17) is 0 Å². The highest BCUT2D eigenvalue weighted by molar-refractivity contribution is 9.10. The fourth-order valence-electron chi connectivity index (χ4n) is 1.69. The number of anilines is 1. The molecule has 1 unspecified atom stereocenters. The van der Waals surface area contributed by atoms with Gasteiger partial charge in [0.05, 0.1) is 6.54 Å². The molecule has 0 saturated carbocycles. The predicted molar refractivity (Wildman–Crippen MR) is 59.6 cm³/mol. The summed E-state index contributed by atoms with van der Waals surface area (Å²) in [5, 5.41) is 4.73. The highest BCUT2D eigenvalue weighted by Gasteiger charge is 2.36. The van der Waals surface area contributed by atoms with E-state index in [0.29, 0.717) is 15.7 Å². The molecular weight excluding hydrogens is 301 g/mol. The van der Waals surface area contributed by atoms with Gasteiger partial charge in [0.25, 0.3) is 0 Å². The van der Waals surface area contributed by atoms with Crippen LogP contribution in [0.2, 0.25) is 0 Å². The molecule has 0 aliphatic carbocycles. The molecule has 3 nitrogen and oxygen atoms in total. The van der Waals surface area contributed by atoms with Crippen molar-refractivity contribution in [3.63, 3.8) is 0 Å². The van der Waals surface area contributed by atoms with Gasteiger partial charge in [-0.05, 0) is 12.1 Å².